The molecule has 0 aliphatic carbocycles. The summed E-state index contributed by atoms with van der Waals surface area (Å²) in [5.74, 6) is 0.0677. The van der Waals surface area contributed by atoms with E-state index >= 15 is 0 Å². The van der Waals surface area contributed by atoms with E-state index in [0.717, 1.165) is 13.0 Å². The van der Waals surface area contributed by atoms with Gasteiger partial charge in [-0.1, -0.05) is 12.2 Å². The molecule has 4 nitrogen and oxygen atoms in total. The van der Waals surface area contributed by atoms with Gasteiger partial charge in [-0.05, 0) is 13.3 Å². The first kappa shape index (κ1) is 9.22. The maximum absolute atomic E-state index is 11.3. The average molecular weight is 169 g/mol. The molecule has 1 saturated heterocycles. The highest BCUT2D eigenvalue weighted by molar-refractivity contribution is 5.82. The Morgan fingerprint density at radius 2 is 2.58 bits per heavy atom. The molecule has 0 aromatic carbocycles. The van der Waals surface area contributed by atoms with Gasteiger partial charge in [0.05, 0.1) is 0 Å². The first-order valence-corrected chi connectivity index (χ1v) is 4.22. The third-order valence-electron chi connectivity index (χ3n) is 1.78. The largest absolute Gasteiger partial charge is 0.351 e. The van der Waals surface area contributed by atoms with Gasteiger partial charge in [0, 0.05) is 13.1 Å². The van der Waals surface area contributed by atoms with Gasteiger partial charge < -0.3 is 5.32 Å². The van der Waals surface area contributed by atoms with Crippen molar-refractivity contribution < 1.29 is 4.79 Å². The van der Waals surface area contributed by atoms with Crippen molar-refractivity contribution in [1.29, 1.82) is 0 Å². The molecule has 0 radical (unpaired) electrons. The number of carbonyl (C=O) groups is 1. The molecule has 0 spiro atoms. The molecule has 3 N–H and O–H groups in total. The fourth-order valence-electron chi connectivity index (χ4n) is 1.08. The topological polar surface area (TPSA) is 53.2 Å². The normalized spacial score (nSPS) is 23.2. The van der Waals surface area contributed by atoms with Crippen LogP contribution in [-0.2, 0) is 4.79 Å². The second-order valence-electron chi connectivity index (χ2n) is 2.73. The Balaban J connectivity index is 2.18. The number of hydrogen-bond acceptors (Lipinski definition) is 3. The predicted molar refractivity (Wildman–Crippen MR) is 47.4 cm³/mol. The van der Waals surface area contributed by atoms with Crippen LogP contribution in [0, 0.1) is 0 Å². The van der Waals surface area contributed by atoms with Crippen molar-refractivity contribution in [3.63, 3.8) is 0 Å². The van der Waals surface area contributed by atoms with E-state index < -0.39 is 0 Å². The van der Waals surface area contributed by atoms with Gasteiger partial charge in [0.1, 0.15) is 6.04 Å². The Kier molecular flexibility index (Phi) is 3.76. The van der Waals surface area contributed by atoms with Gasteiger partial charge in [-0.2, -0.15) is 0 Å². The molecule has 1 fully saturated rings. The van der Waals surface area contributed by atoms with Crippen LogP contribution in [0.15, 0.2) is 12.2 Å². The van der Waals surface area contributed by atoms with Crippen LogP contribution in [0.3, 0.4) is 0 Å². The third-order valence-corrected chi connectivity index (χ3v) is 1.78. The zero-order chi connectivity index (χ0) is 8.81. The van der Waals surface area contributed by atoms with Crippen molar-refractivity contribution in [2.75, 3.05) is 13.1 Å². The molecule has 1 rings (SSSR count). The molecule has 1 atom stereocenters. The van der Waals surface area contributed by atoms with E-state index in [1.807, 2.05) is 19.1 Å². The van der Waals surface area contributed by atoms with Crippen LogP contribution in [0.4, 0.5) is 0 Å². The lowest BCUT2D eigenvalue weighted by atomic mass is 10.2. The lowest BCUT2D eigenvalue weighted by Crippen LogP contribution is -2.43. The number of nitrogens with one attached hydrogen (secondary N) is 3. The van der Waals surface area contributed by atoms with E-state index in [9.17, 15) is 4.79 Å². The minimum Gasteiger partial charge on any atom is -0.351 e. The molecule has 1 heterocycles. The van der Waals surface area contributed by atoms with E-state index in [2.05, 4.69) is 16.2 Å². The third kappa shape index (κ3) is 2.64. The van der Waals surface area contributed by atoms with Crippen molar-refractivity contribution in [3.05, 3.63) is 12.2 Å². The van der Waals surface area contributed by atoms with Crippen molar-refractivity contribution in [2.45, 2.75) is 19.4 Å². The van der Waals surface area contributed by atoms with Crippen LogP contribution < -0.4 is 16.2 Å². The van der Waals surface area contributed by atoms with Gasteiger partial charge in [0.25, 0.3) is 0 Å². The summed E-state index contributed by atoms with van der Waals surface area (Å²) in [4.78, 5) is 11.3. The molecule has 12 heavy (non-hydrogen) atoms. The van der Waals surface area contributed by atoms with Gasteiger partial charge in [-0.25, -0.2) is 5.43 Å². The monoisotopic (exact) mass is 169 g/mol. The first-order chi connectivity index (χ1) is 5.84. The minimum atomic E-state index is -0.0599. The smallest absolute Gasteiger partial charge is 0.238 e. The fraction of sp³-hybridized carbons (Fsp3) is 0.625. The van der Waals surface area contributed by atoms with Gasteiger partial charge in [-0.15, -0.1) is 0 Å². The molecule has 1 amide bonds. The molecule has 1 aliphatic rings. The van der Waals surface area contributed by atoms with E-state index in [4.69, 9.17) is 0 Å². The number of allylic oxidation sites excluding steroid dienone is 1. The summed E-state index contributed by atoms with van der Waals surface area (Å²) < 4.78 is 0. The predicted octanol–water partition coefficient (Wildman–Crippen LogP) is -0.455. The van der Waals surface area contributed by atoms with Crippen molar-refractivity contribution in [3.8, 4) is 0 Å². The maximum atomic E-state index is 11.3. The van der Waals surface area contributed by atoms with Crippen LogP contribution >= 0.6 is 0 Å². The zero-order valence-electron chi connectivity index (χ0n) is 7.26. The second kappa shape index (κ2) is 4.90. The molecule has 68 valence electrons. The summed E-state index contributed by atoms with van der Waals surface area (Å²) in [7, 11) is 0. The van der Waals surface area contributed by atoms with Crippen molar-refractivity contribution in [2.24, 2.45) is 0 Å². The summed E-state index contributed by atoms with van der Waals surface area (Å²) in [6.45, 7) is 3.41. The molecule has 0 aromatic heterocycles. The van der Waals surface area contributed by atoms with Gasteiger partial charge >= 0.3 is 0 Å². The summed E-state index contributed by atoms with van der Waals surface area (Å²) in [5.41, 5.74) is 5.81. The Labute approximate surface area is 72.4 Å². The maximum Gasteiger partial charge on any atom is 0.238 e. The fourth-order valence-corrected chi connectivity index (χ4v) is 1.08. The summed E-state index contributed by atoms with van der Waals surface area (Å²) in [5, 5.41) is 2.80. The van der Waals surface area contributed by atoms with Gasteiger partial charge in [0.15, 0.2) is 0 Å². The van der Waals surface area contributed by atoms with Crippen molar-refractivity contribution in [1.82, 2.24) is 16.2 Å². The highest BCUT2D eigenvalue weighted by Crippen LogP contribution is 1.94. The van der Waals surface area contributed by atoms with E-state index in [1.165, 1.54) is 0 Å². The van der Waals surface area contributed by atoms with Crippen molar-refractivity contribution >= 4 is 5.91 Å². The van der Waals surface area contributed by atoms with E-state index in [-0.39, 0.29) is 11.9 Å². The molecular formula is C8H15N3O. The van der Waals surface area contributed by atoms with E-state index in [0.29, 0.717) is 6.54 Å². The van der Waals surface area contributed by atoms with E-state index in [1.54, 1.807) is 0 Å². The number of amides is 1. The standard InChI is InChI=1S/C8H15N3O/c1-2-3-5-9-8(12)7-4-6-10-11-7/h2-3,7,10-11H,4-6H2,1H3,(H,9,12)/b3-2+. The highest BCUT2D eigenvalue weighted by atomic mass is 16.2. The highest BCUT2D eigenvalue weighted by Gasteiger charge is 2.20. The molecule has 1 unspecified atom stereocenters. The summed E-state index contributed by atoms with van der Waals surface area (Å²) in [6, 6.07) is -0.0599. The SMILES string of the molecule is C/C=C/CNC(=O)C1CCNN1. The number of rotatable bonds is 3. The average Bonchev–Trinajstić information content (AvgIpc) is 2.56. The molecule has 4 heteroatoms. The number of hydrogen-bond donors (Lipinski definition) is 3. The zero-order valence-corrected chi connectivity index (χ0v) is 7.26. The first-order valence-electron chi connectivity index (χ1n) is 4.22. The molecule has 1 aliphatic heterocycles. The molecule has 0 saturated carbocycles. The summed E-state index contributed by atoms with van der Waals surface area (Å²) >= 11 is 0. The van der Waals surface area contributed by atoms with Crippen LogP contribution in [-0.4, -0.2) is 25.0 Å². The lowest BCUT2D eigenvalue weighted by molar-refractivity contribution is -0.122. The van der Waals surface area contributed by atoms with Gasteiger partial charge in [0.2, 0.25) is 5.91 Å². The second-order valence-corrected chi connectivity index (χ2v) is 2.73. The Morgan fingerprint density at radius 3 is 3.17 bits per heavy atom. The molecule has 0 bridgehead atoms. The van der Waals surface area contributed by atoms with Crippen LogP contribution in [0.5, 0.6) is 0 Å². The van der Waals surface area contributed by atoms with Crippen LogP contribution in [0.1, 0.15) is 13.3 Å². The lowest BCUT2D eigenvalue weighted by Gasteiger charge is -2.08. The Bertz CT molecular complexity index is 173. The summed E-state index contributed by atoms with van der Waals surface area (Å²) in [6.07, 6.45) is 4.70. The van der Waals surface area contributed by atoms with Crippen LogP contribution in [0.2, 0.25) is 0 Å². The Hall–Kier alpha value is -0.870. The Morgan fingerprint density at radius 1 is 1.75 bits per heavy atom. The molecular weight excluding hydrogens is 154 g/mol. The molecule has 0 aromatic rings. The number of carbonyl (C=O) groups excluding carboxylic acids is 1. The quantitative estimate of drug-likeness (QED) is 0.501. The van der Waals surface area contributed by atoms with Crippen LogP contribution in [0.25, 0.3) is 0 Å². The number of hydrazine groups is 1. The minimum absolute atomic E-state index is 0.0599. The van der Waals surface area contributed by atoms with Gasteiger partial charge in [-0.3, -0.25) is 10.2 Å².